The zero-order valence-corrected chi connectivity index (χ0v) is 8.24. The van der Waals surface area contributed by atoms with E-state index in [1.165, 1.54) is 0 Å². The molecule has 0 saturated heterocycles. The lowest BCUT2D eigenvalue weighted by Gasteiger charge is -2.22. The van der Waals surface area contributed by atoms with Gasteiger partial charge >= 0.3 is 0 Å². The van der Waals surface area contributed by atoms with Crippen molar-refractivity contribution in [3.63, 3.8) is 0 Å². The lowest BCUT2D eigenvalue weighted by molar-refractivity contribution is 0.371. The SMILES string of the molecule is COc1nccnc1C(C)(C)CN. The molecule has 72 valence electrons. The van der Waals surface area contributed by atoms with Crippen LogP contribution in [0, 0.1) is 0 Å². The van der Waals surface area contributed by atoms with Gasteiger partial charge in [0, 0.05) is 24.4 Å². The van der Waals surface area contributed by atoms with E-state index < -0.39 is 0 Å². The van der Waals surface area contributed by atoms with E-state index in [4.69, 9.17) is 10.5 Å². The van der Waals surface area contributed by atoms with Crippen molar-refractivity contribution in [1.29, 1.82) is 0 Å². The zero-order chi connectivity index (χ0) is 9.90. The largest absolute Gasteiger partial charge is 0.480 e. The van der Waals surface area contributed by atoms with Crippen molar-refractivity contribution in [2.24, 2.45) is 5.73 Å². The van der Waals surface area contributed by atoms with Crippen LogP contribution >= 0.6 is 0 Å². The molecule has 0 aliphatic heterocycles. The quantitative estimate of drug-likeness (QED) is 0.746. The highest BCUT2D eigenvalue weighted by atomic mass is 16.5. The molecular formula is C9H15N3O. The lowest BCUT2D eigenvalue weighted by Crippen LogP contribution is -2.30. The Kier molecular flexibility index (Phi) is 2.83. The molecule has 0 spiro atoms. The molecule has 13 heavy (non-hydrogen) atoms. The van der Waals surface area contributed by atoms with E-state index in [9.17, 15) is 0 Å². The molecule has 0 aliphatic rings. The highest BCUT2D eigenvalue weighted by Gasteiger charge is 2.24. The Morgan fingerprint density at radius 3 is 2.54 bits per heavy atom. The molecule has 1 heterocycles. The molecule has 0 fully saturated rings. The molecule has 0 bridgehead atoms. The topological polar surface area (TPSA) is 61.0 Å². The van der Waals surface area contributed by atoms with E-state index in [-0.39, 0.29) is 5.41 Å². The minimum atomic E-state index is -0.195. The maximum atomic E-state index is 5.64. The monoisotopic (exact) mass is 181 g/mol. The van der Waals surface area contributed by atoms with Gasteiger partial charge in [-0.25, -0.2) is 4.98 Å². The van der Waals surface area contributed by atoms with E-state index in [0.29, 0.717) is 12.4 Å². The number of methoxy groups -OCH3 is 1. The average molecular weight is 181 g/mol. The Morgan fingerprint density at radius 2 is 2.00 bits per heavy atom. The second kappa shape index (κ2) is 3.70. The predicted octanol–water partition coefficient (Wildman–Crippen LogP) is 0.722. The summed E-state index contributed by atoms with van der Waals surface area (Å²) in [6, 6.07) is 0. The summed E-state index contributed by atoms with van der Waals surface area (Å²) < 4.78 is 5.10. The molecular weight excluding hydrogens is 166 g/mol. The Bertz CT molecular complexity index is 286. The number of rotatable bonds is 3. The minimum absolute atomic E-state index is 0.195. The van der Waals surface area contributed by atoms with Gasteiger partial charge in [-0.15, -0.1) is 0 Å². The number of ether oxygens (including phenoxy) is 1. The van der Waals surface area contributed by atoms with E-state index in [0.717, 1.165) is 5.69 Å². The predicted molar refractivity (Wildman–Crippen MR) is 50.7 cm³/mol. The Balaban J connectivity index is 3.12. The van der Waals surface area contributed by atoms with Crippen molar-refractivity contribution >= 4 is 0 Å². The normalized spacial score (nSPS) is 11.4. The number of nitrogens with two attached hydrogens (primary N) is 1. The van der Waals surface area contributed by atoms with Crippen LogP contribution in [-0.4, -0.2) is 23.6 Å². The maximum Gasteiger partial charge on any atom is 0.235 e. The van der Waals surface area contributed by atoms with Gasteiger partial charge in [0.25, 0.3) is 0 Å². The van der Waals surface area contributed by atoms with Crippen LogP contribution < -0.4 is 10.5 Å². The third-order valence-electron chi connectivity index (χ3n) is 2.01. The Hall–Kier alpha value is -1.16. The van der Waals surface area contributed by atoms with Crippen molar-refractivity contribution in [3.05, 3.63) is 18.1 Å². The van der Waals surface area contributed by atoms with Crippen LogP contribution in [0.5, 0.6) is 5.88 Å². The summed E-state index contributed by atoms with van der Waals surface area (Å²) in [5.74, 6) is 0.554. The second-order valence-electron chi connectivity index (χ2n) is 3.50. The highest BCUT2D eigenvalue weighted by molar-refractivity contribution is 5.25. The molecule has 1 aromatic heterocycles. The van der Waals surface area contributed by atoms with Crippen LogP contribution in [0.2, 0.25) is 0 Å². The third kappa shape index (κ3) is 1.95. The molecule has 0 amide bonds. The molecule has 1 aromatic rings. The molecule has 0 aromatic carbocycles. The summed E-state index contributed by atoms with van der Waals surface area (Å²) in [6.07, 6.45) is 3.25. The fourth-order valence-electron chi connectivity index (χ4n) is 1.04. The first-order valence-corrected chi connectivity index (χ1v) is 4.17. The number of nitrogens with zero attached hydrogens (tertiary/aromatic N) is 2. The van der Waals surface area contributed by atoms with E-state index in [1.54, 1.807) is 19.5 Å². The van der Waals surface area contributed by atoms with Crippen molar-refractivity contribution < 1.29 is 4.74 Å². The summed E-state index contributed by atoms with van der Waals surface area (Å²) in [5, 5.41) is 0. The Labute approximate surface area is 78.1 Å². The number of aromatic nitrogens is 2. The van der Waals surface area contributed by atoms with Gasteiger partial charge in [0.1, 0.15) is 5.69 Å². The van der Waals surface area contributed by atoms with Crippen LogP contribution in [0.15, 0.2) is 12.4 Å². The van der Waals surface area contributed by atoms with Crippen molar-refractivity contribution in [2.75, 3.05) is 13.7 Å². The summed E-state index contributed by atoms with van der Waals surface area (Å²) in [6.45, 7) is 4.54. The van der Waals surface area contributed by atoms with E-state index >= 15 is 0 Å². The third-order valence-corrected chi connectivity index (χ3v) is 2.01. The first-order chi connectivity index (χ1) is 6.11. The van der Waals surface area contributed by atoms with Crippen molar-refractivity contribution in [1.82, 2.24) is 9.97 Å². The lowest BCUT2D eigenvalue weighted by atomic mass is 9.89. The van der Waals surface area contributed by atoms with Crippen LogP contribution in [0.3, 0.4) is 0 Å². The second-order valence-corrected chi connectivity index (χ2v) is 3.50. The molecule has 1 rings (SSSR count). The zero-order valence-electron chi connectivity index (χ0n) is 8.24. The molecule has 0 unspecified atom stereocenters. The molecule has 2 N–H and O–H groups in total. The van der Waals surface area contributed by atoms with Crippen molar-refractivity contribution in [2.45, 2.75) is 19.3 Å². The fourth-order valence-corrected chi connectivity index (χ4v) is 1.04. The molecule has 0 saturated carbocycles. The van der Waals surface area contributed by atoms with Crippen LogP contribution in [0.1, 0.15) is 19.5 Å². The minimum Gasteiger partial charge on any atom is -0.480 e. The number of hydrogen-bond acceptors (Lipinski definition) is 4. The summed E-state index contributed by atoms with van der Waals surface area (Å²) >= 11 is 0. The molecule has 0 radical (unpaired) electrons. The molecule has 4 nitrogen and oxygen atoms in total. The van der Waals surface area contributed by atoms with Gasteiger partial charge in [-0.05, 0) is 0 Å². The van der Waals surface area contributed by atoms with Gasteiger partial charge in [0.15, 0.2) is 0 Å². The Morgan fingerprint density at radius 1 is 1.38 bits per heavy atom. The first-order valence-electron chi connectivity index (χ1n) is 4.17. The van der Waals surface area contributed by atoms with Gasteiger partial charge in [-0.2, -0.15) is 0 Å². The summed E-state index contributed by atoms with van der Waals surface area (Å²) in [5.41, 5.74) is 6.25. The fraction of sp³-hybridized carbons (Fsp3) is 0.556. The van der Waals surface area contributed by atoms with E-state index in [2.05, 4.69) is 9.97 Å². The van der Waals surface area contributed by atoms with Crippen LogP contribution in [0.4, 0.5) is 0 Å². The number of hydrogen-bond donors (Lipinski definition) is 1. The van der Waals surface area contributed by atoms with Crippen LogP contribution in [-0.2, 0) is 5.41 Å². The first kappa shape index (κ1) is 9.92. The summed E-state index contributed by atoms with van der Waals surface area (Å²) in [4.78, 5) is 8.30. The maximum absolute atomic E-state index is 5.64. The van der Waals surface area contributed by atoms with Gasteiger partial charge in [0.2, 0.25) is 5.88 Å². The summed E-state index contributed by atoms with van der Waals surface area (Å²) in [7, 11) is 1.58. The van der Waals surface area contributed by atoms with Crippen LogP contribution in [0.25, 0.3) is 0 Å². The van der Waals surface area contributed by atoms with Gasteiger partial charge in [-0.1, -0.05) is 13.8 Å². The standard InChI is InChI=1S/C9H15N3O/c1-9(2,6-10)7-8(13-3)12-5-4-11-7/h4-5H,6,10H2,1-3H3. The van der Waals surface area contributed by atoms with Gasteiger partial charge in [0.05, 0.1) is 7.11 Å². The molecule has 0 aliphatic carbocycles. The highest BCUT2D eigenvalue weighted by Crippen LogP contribution is 2.25. The van der Waals surface area contributed by atoms with Crippen molar-refractivity contribution in [3.8, 4) is 5.88 Å². The average Bonchev–Trinajstić information content (AvgIpc) is 2.18. The van der Waals surface area contributed by atoms with Gasteiger partial charge < -0.3 is 10.5 Å². The molecule has 0 atom stereocenters. The van der Waals surface area contributed by atoms with Gasteiger partial charge in [-0.3, -0.25) is 4.98 Å². The molecule has 4 heteroatoms. The smallest absolute Gasteiger partial charge is 0.235 e. The van der Waals surface area contributed by atoms with E-state index in [1.807, 2.05) is 13.8 Å².